The van der Waals surface area contributed by atoms with E-state index in [1.807, 2.05) is 0 Å². The van der Waals surface area contributed by atoms with E-state index in [1.54, 1.807) is 0 Å². The Bertz CT molecular complexity index is 396. The van der Waals surface area contributed by atoms with Crippen LogP contribution in [0, 0.1) is 0 Å². The molecule has 1 aromatic rings. The van der Waals surface area contributed by atoms with Crippen LogP contribution in [0.4, 0.5) is 0 Å². The molecule has 0 spiro atoms. The van der Waals surface area contributed by atoms with Gasteiger partial charge in [0, 0.05) is 31.1 Å². The van der Waals surface area contributed by atoms with Crippen LogP contribution in [0.5, 0.6) is 0 Å². The zero-order valence-electron chi connectivity index (χ0n) is 11.0. The third kappa shape index (κ3) is 2.01. The Kier molecular flexibility index (Phi) is 2.95. The number of rotatable bonds is 2. The highest BCUT2D eigenvalue weighted by Crippen LogP contribution is 2.30. The Labute approximate surface area is 104 Å². The van der Waals surface area contributed by atoms with Crippen LogP contribution in [0.3, 0.4) is 0 Å². The number of fused-ring (bicyclic) bond motifs is 1. The van der Waals surface area contributed by atoms with E-state index in [0.717, 1.165) is 0 Å². The van der Waals surface area contributed by atoms with Gasteiger partial charge in [-0.05, 0) is 39.3 Å². The minimum atomic E-state index is 0.656. The van der Waals surface area contributed by atoms with Crippen molar-refractivity contribution >= 4 is 0 Å². The second-order valence-electron chi connectivity index (χ2n) is 5.61. The molecule has 1 fully saturated rings. The summed E-state index contributed by atoms with van der Waals surface area (Å²) >= 11 is 0. The van der Waals surface area contributed by atoms with E-state index in [-0.39, 0.29) is 0 Å². The van der Waals surface area contributed by atoms with Gasteiger partial charge in [-0.15, -0.1) is 0 Å². The Balaban J connectivity index is 1.80. The summed E-state index contributed by atoms with van der Waals surface area (Å²) in [6.07, 6.45) is 7.42. The maximum absolute atomic E-state index is 4.89. The molecule has 0 aliphatic carbocycles. The summed E-state index contributed by atoms with van der Waals surface area (Å²) in [5.41, 5.74) is 1.35. The SMILES string of the molecule is CCN1CCC(c2cn3c(n2)CCCC3C)C1. The number of imidazole rings is 1. The molecule has 3 heteroatoms. The first kappa shape index (κ1) is 11.3. The van der Waals surface area contributed by atoms with Gasteiger partial charge >= 0.3 is 0 Å². The normalized spacial score (nSPS) is 29.5. The summed E-state index contributed by atoms with van der Waals surface area (Å²) in [6.45, 7) is 8.21. The van der Waals surface area contributed by atoms with Crippen LogP contribution < -0.4 is 0 Å². The standard InChI is InChI=1S/C14H23N3/c1-3-16-8-7-12(9-16)13-10-17-11(2)5-4-6-14(17)15-13/h10-12H,3-9H2,1-2H3. The first-order chi connectivity index (χ1) is 8.28. The molecular formula is C14H23N3. The fourth-order valence-electron chi connectivity index (χ4n) is 3.27. The molecule has 17 heavy (non-hydrogen) atoms. The monoisotopic (exact) mass is 233 g/mol. The van der Waals surface area contributed by atoms with Crippen LogP contribution in [0.15, 0.2) is 6.20 Å². The lowest BCUT2D eigenvalue weighted by Gasteiger charge is -2.20. The molecular weight excluding hydrogens is 210 g/mol. The molecule has 0 N–H and O–H groups in total. The zero-order valence-corrected chi connectivity index (χ0v) is 11.0. The van der Waals surface area contributed by atoms with E-state index in [4.69, 9.17) is 4.98 Å². The van der Waals surface area contributed by atoms with Crippen LogP contribution in [-0.2, 0) is 6.42 Å². The molecule has 3 nitrogen and oxygen atoms in total. The molecule has 3 heterocycles. The summed E-state index contributed by atoms with van der Waals surface area (Å²) in [6, 6.07) is 0.656. The van der Waals surface area contributed by atoms with E-state index in [0.29, 0.717) is 12.0 Å². The van der Waals surface area contributed by atoms with E-state index in [9.17, 15) is 0 Å². The largest absolute Gasteiger partial charge is 0.332 e. The Morgan fingerprint density at radius 3 is 3.00 bits per heavy atom. The lowest BCUT2D eigenvalue weighted by molar-refractivity contribution is 0.353. The highest BCUT2D eigenvalue weighted by molar-refractivity contribution is 5.14. The maximum atomic E-state index is 4.89. The van der Waals surface area contributed by atoms with Gasteiger partial charge in [-0.3, -0.25) is 0 Å². The summed E-state index contributed by atoms with van der Waals surface area (Å²) in [4.78, 5) is 7.42. The van der Waals surface area contributed by atoms with Gasteiger partial charge < -0.3 is 9.47 Å². The zero-order chi connectivity index (χ0) is 11.8. The second-order valence-corrected chi connectivity index (χ2v) is 5.61. The third-order valence-corrected chi connectivity index (χ3v) is 4.46. The average molecular weight is 233 g/mol. The van der Waals surface area contributed by atoms with Gasteiger partial charge in [-0.1, -0.05) is 6.92 Å². The van der Waals surface area contributed by atoms with Gasteiger partial charge in [0.25, 0.3) is 0 Å². The molecule has 2 aliphatic rings. The van der Waals surface area contributed by atoms with E-state index >= 15 is 0 Å². The number of hydrogen-bond donors (Lipinski definition) is 0. The van der Waals surface area contributed by atoms with E-state index in [2.05, 4.69) is 29.5 Å². The summed E-state index contributed by atoms with van der Waals surface area (Å²) < 4.78 is 2.42. The number of aryl methyl sites for hydroxylation is 1. The molecule has 2 aliphatic heterocycles. The minimum Gasteiger partial charge on any atom is -0.332 e. The van der Waals surface area contributed by atoms with Crippen molar-refractivity contribution < 1.29 is 0 Å². The highest BCUT2D eigenvalue weighted by atomic mass is 15.2. The highest BCUT2D eigenvalue weighted by Gasteiger charge is 2.27. The summed E-state index contributed by atoms with van der Waals surface area (Å²) in [5.74, 6) is 2.01. The minimum absolute atomic E-state index is 0.656. The van der Waals surface area contributed by atoms with Crippen molar-refractivity contribution in [3.8, 4) is 0 Å². The predicted octanol–water partition coefficient (Wildman–Crippen LogP) is 2.59. The molecule has 1 saturated heterocycles. The quantitative estimate of drug-likeness (QED) is 0.783. The van der Waals surface area contributed by atoms with Gasteiger partial charge in [0.1, 0.15) is 5.82 Å². The van der Waals surface area contributed by atoms with Crippen molar-refractivity contribution in [2.24, 2.45) is 0 Å². The molecule has 0 radical (unpaired) electrons. The van der Waals surface area contributed by atoms with Gasteiger partial charge in [-0.2, -0.15) is 0 Å². The molecule has 0 aromatic carbocycles. The topological polar surface area (TPSA) is 21.1 Å². The lowest BCUT2D eigenvalue weighted by atomic mass is 10.1. The fourth-order valence-corrected chi connectivity index (χ4v) is 3.27. The van der Waals surface area contributed by atoms with Crippen LogP contribution >= 0.6 is 0 Å². The van der Waals surface area contributed by atoms with E-state index < -0.39 is 0 Å². The van der Waals surface area contributed by atoms with E-state index in [1.165, 1.54) is 56.8 Å². The molecule has 0 bridgehead atoms. The Morgan fingerprint density at radius 1 is 1.41 bits per heavy atom. The number of aromatic nitrogens is 2. The molecule has 0 amide bonds. The molecule has 94 valence electrons. The lowest BCUT2D eigenvalue weighted by Crippen LogP contribution is -2.19. The average Bonchev–Trinajstić information content (AvgIpc) is 2.95. The first-order valence-electron chi connectivity index (χ1n) is 7.08. The van der Waals surface area contributed by atoms with Crippen LogP contribution in [0.1, 0.15) is 56.6 Å². The number of likely N-dealkylation sites (N-methyl/N-ethyl adjacent to an activating group) is 1. The first-order valence-corrected chi connectivity index (χ1v) is 7.08. The molecule has 2 unspecified atom stereocenters. The number of hydrogen-bond acceptors (Lipinski definition) is 2. The van der Waals surface area contributed by atoms with Crippen molar-refractivity contribution in [3.05, 3.63) is 17.7 Å². The summed E-state index contributed by atoms with van der Waals surface area (Å²) in [5, 5.41) is 0. The molecule has 3 rings (SSSR count). The molecule has 2 atom stereocenters. The van der Waals surface area contributed by atoms with Gasteiger partial charge in [0.2, 0.25) is 0 Å². The third-order valence-electron chi connectivity index (χ3n) is 4.46. The van der Waals surface area contributed by atoms with Gasteiger partial charge in [0.15, 0.2) is 0 Å². The second kappa shape index (κ2) is 4.45. The fraction of sp³-hybridized carbons (Fsp3) is 0.786. The predicted molar refractivity (Wildman–Crippen MR) is 69.3 cm³/mol. The van der Waals surface area contributed by atoms with Gasteiger partial charge in [-0.25, -0.2) is 4.98 Å². The molecule has 1 aromatic heterocycles. The van der Waals surface area contributed by atoms with Crippen LogP contribution in [0.25, 0.3) is 0 Å². The summed E-state index contributed by atoms with van der Waals surface area (Å²) in [7, 11) is 0. The van der Waals surface area contributed by atoms with Gasteiger partial charge in [0.05, 0.1) is 5.69 Å². The number of nitrogens with zero attached hydrogens (tertiary/aromatic N) is 3. The van der Waals surface area contributed by atoms with Crippen molar-refractivity contribution in [3.63, 3.8) is 0 Å². The van der Waals surface area contributed by atoms with Crippen molar-refractivity contribution in [2.45, 2.75) is 51.5 Å². The molecule has 0 saturated carbocycles. The Morgan fingerprint density at radius 2 is 2.29 bits per heavy atom. The van der Waals surface area contributed by atoms with Crippen molar-refractivity contribution in [1.29, 1.82) is 0 Å². The van der Waals surface area contributed by atoms with Crippen LogP contribution in [0.2, 0.25) is 0 Å². The van der Waals surface area contributed by atoms with Crippen LogP contribution in [-0.4, -0.2) is 34.1 Å². The Hall–Kier alpha value is -0.830. The van der Waals surface area contributed by atoms with Crippen molar-refractivity contribution in [1.82, 2.24) is 14.5 Å². The van der Waals surface area contributed by atoms with Crippen molar-refractivity contribution in [2.75, 3.05) is 19.6 Å². The smallest absolute Gasteiger partial charge is 0.109 e. The number of likely N-dealkylation sites (tertiary alicyclic amines) is 1. The maximum Gasteiger partial charge on any atom is 0.109 e.